The van der Waals surface area contributed by atoms with Crippen molar-refractivity contribution in [1.29, 1.82) is 0 Å². The predicted octanol–water partition coefficient (Wildman–Crippen LogP) is 3.74. The number of hydrogen-bond acceptors (Lipinski definition) is 1. The van der Waals surface area contributed by atoms with E-state index < -0.39 is 0 Å². The van der Waals surface area contributed by atoms with Crippen LogP contribution in [0.4, 0.5) is 0 Å². The second-order valence-corrected chi connectivity index (χ2v) is 4.81. The molecule has 0 spiro atoms. The van der Waals surface area contributed by atoms with Crippen LogP contribution in [0.15, 0.2) is 22.7 Å². The van der Waals surface area contributed by atoms with Crippen LogP contribution >= 0.6 is 15.9 Å². The number of carbonyl (C=O) groups is 1. The molecule has 74 valence electrons. The Morgan fingerprint density at radius 1 is 1.43 bits per heavy atom. The van der Waals surface area contributed by atoms with E-state index in [0.717, 1.165) is 22.9 Å². The van der Waals surface area contributed by atoms with Crippen molar-refractivity contribution >= 4 is 21.7 Å². The van der Waals surface area contributed by atoms with E-state index in [4.69, 9.17) is 0 Å². The normalized spacial score (nSPS) is 16.4. The Balaban J connectivity index is 2.23. The summed E-state index contributed by atoms with van der Waals surface area (Å²) < 4.78 is 1.03. The van der Waals surface area contributed by atoms with Crippen LogP contribution in [0.3, 0.4) is 0 Å². The van der Waals surface area contributed by atoms with E-state index in [0.29, 0.717) is 11.7 Å². The molecule has 0 aliphatic heterocycles. The minimum atomic E-state index is 0.296. The van der Waals surface area contributed by atoms with Gasteiger partial charge in [0.05, 0.1) is 0 Å². The molecule has 2 heteroatoms. The highest BCUT2D eigenvalue weighted by Gasteiger charge is 2.26. The molecule has 1 aliphatic carbocycles. The molecule has 0 bridgehead atoms. The average molecular weight is 253 g/mol. The van der Waals surface area contributed by atoms with E-state index in [9.17, 15) is 4.79 Å². The fourth-order valence-electron chi connectivity index (χ4n) is 1.65. The lowest BCUT2D eigenvalue weighted by Gasteiger charge is -2.23. The Hall–Kier alpha value is -0.630. The van der Waals surface area contributed by atoms with Crippen molar-refractivity contribution in [2.45, 2.75) is 26.2 Å². The summed E-state index contributed by atoms with van der Waals surface area (Å²) in [5, 5.41) is 0. The van der Waals surface area contributed by atoms with Crippen molar-refractivity contribution in [3.63, 3.8) is 0 Å². The highest BCUT2D eigenvalue weighted by atomic mass is 79.9. The first kappa shape index (κ1) is 9.91. The summed E-state index contributed by atoms with van der Waals surface area (Å²) in [5.41, 5.74) is 2.03. The Bertz CT molecular complexity index is 367. The average Bonchev–Trinajstić information content (AvgIpc) is 2.06. The summed E-state index contributed by atoms with van der Waals surface area (Å²) in [4.78, 5) is 11.9. The van der Waals surface area contributed by atoms with Crippen LogP contribution in [-0.4, -0.2) is 5.78 Å². The van der Waals surface area contributed by atoms with Gasteiger partial charge >= 0.3 is 0 Å². The van der Waals surface area contributed by atoms with Gasteiger partial charge in [0.2, 0.25) is 0 Å². The molecule has 0 atom stereocenters. The Kier molecular flexibility index (Phi) is 2.73. The molecule has 0 N–H and O–H groups in total. The number of aryl methyl sites for hydroxylation is 1. The third kappa shape index (κ3) is 1.76. The zero-order chi connectivity index (χ0) is 10.1. The van der Waals surface area contributed by atoms with Gasteiger partial charge in [-0.3, -0.25) is 4.79 Å². The summed E-state index contributed by atoms with van der Waals surface area (Å²) >= 11 is 3.45. The summed E-state index contributed by atoms with van der Waals surface area (Å²) in [5.74, 6) is 0.613. The SMILES string of the molecule is Cc1ccc(C(=O)C2CCC2)cc1Br. The van der Waals surface area contributed by atoms with Crippen molar-refractivity contribution < 1.29 is 4.79 Å². The minimum absolute atomic E-state index is 0.296. The second kappa shape index (κ2) is 3.85. The fourth-order valence-corrected chi connectivity index (χ4v) is 2.03. The van der Waals surface area contributed by atoms with Crippen LogP contribution in [0.5, 0.6) is 0 Å². The third-order valence-electron chi connectivity index (χ3n) is 2.93. The molecule has 1 saturated carbocycles. The van der Waals surface area contributed by atoms with E-state index in [2.05, 4.69) is 15.9 Å². The van der Waals surface area contributed by atoms with Crippen molar-refractivity contribution in [1.82, 2.24) is 0 Å². The Labute approximate surface area is 92.6 Å². The number of benzene rings is 1. The van der Waals surface area contributed by atoms with Gasteiger partial charge < -0.3 is 0 Å². The molecule has 0 heterocycles. The maximum absolute atomic E-state index is 11.9. The first-order valence-electron chi connectivity index (χ1n) is 4.99. The maximum Gasteiger partial charge on any atom is 0.165 e. The van der Waals surface area contributed by atoms with Crippen molar-refractivity contribution in [2.75, 3.05) is 0 Å². The lowest BCUT2D eigenvalue weighted by Crippen LogP contribution is -2.21. The Morgan fingerprint density at radius 3 is 2.64 bits per heavy atom. The number of halogens is 1. The number of carbonyl (C=O) groups excluding carboxylic acids is 1. The number of rotatable bonds is 2. The van der Waals surface area contributed by atoms with E-state index >= 15 is 0 Å². The van der Waals surface area contributed by atoms with Crippen molar-refractivity contribution in [3.8, 4) is 0 Å². The Morgan fingerprint density at radius 2 is 2.14 bits per heavy atom. The standard InChI is InChI=1S/C12H13BrO/c1-8-5-6-10(7-11(8)13)12(14)9-3-2-4-9/h5-7,9H,2-4H2,1H3. The highest BCUT2D eigenvalue weighted by Crippen LogP contribution is 2.30. The molecule has 0 amide bonds. The van der Waals surface area contributed by atoms with Crippen LogP contribution in [0, 0.1) is 12.8 Å². The molecule has 0 unspecified atom stereocenters. The van der Waals surface area contributed by atoms with Crippen molar-refractivity contribution in [2.24, 2.45) is 5.92 Å². The van der Waals surface area contributed by atoms with Crippen LogP contribution in [0.2, 0.25) is 0 Å². The van der Waals surface area contributed by atoms with Gasteiger partial charge in [-0.2, -0.15) is 0 Å². The lowest BCUT2D eigenvalue weighted by atomic mass is 9.80. The zero-order valence-corrected chi connectivity index (χ0v) is 9.80. The molecular weight excluding hydrogens is 240 g/mol. The van der Waals surface area contributed by atoms with Gasteiger partial charge in [0.15, 0.2) is 5.78 Å². The van der Waals surface area contributed by atoms with E-state index in [1.165, 1.54) is 12.0 Å². The van der Waals surface area contributed by atoms with E-state index in [1.807, 2.05) is 25.1 Å². The molecule has 1 aliphatic rings. The molecule has 0 aromatic heterocycles. The van der Waals surface area contributed by atoms with Crippen LogP contribution in [-0.2, 0) is 0 Å². The summed E-state index contributed by atoms with van der Waals surface area (Å²) in [6.07, 6.45) is 3.36. The molecule has 0 radical (unpaired) electrons. The highest BCUT2D eigenvalue weighted by molar-refractivity contribution is 9.10. The van der Waals surface area contributed by atoms with Gasteiger partial charge in [-0.05, 0) is 31.4 Å². The summed E-state index contributed by atoms with van der Waals surface area (Å²) in [7, 11) is 0. The maximum atomic E-state index is 11.9. The van der Waals surface area contributed by atoms with Crippen LogP contribution in [0.1, 0.15) is 35.2 Å². The van der Waals surface area contributed by atoms with Gasteiger partial charge in [-0.25, -0.2) is 0 Å². The number of hydrogen-bond donors (Lipinski definition) is 0. The summed E-state index contributed by atoms with van der Waals surface area (Å²) in [6.45, 7) is 2.03. The minimum Gasteiger partial charge on any atom is -0.294 e. The first-order chi connectivity index (χ1) is 6.68. The molecule has 2 rings (SSSR count). The van der Waals surface area contributed by atoms with Crippen molar-refractivity contribution in [3.05, 3.63) is 33.8 Å². The zero-order valence-electron chi connectivity index (χ0n) is 8.22. The molecule has 1 nitrogen and oxygen atoms in total. The first-order valence-corrected chi connectivity index (χ1v) is 5.78. The quantitative estimate of drug-likeness (QED) is 0.734. The van der Waals surface area contributed by atoms with E-state index in [1.54, 1.807) is 0 Å². The topological polar surface area (TPSA) is 17.1 Å². The monoisotopic (exact) mass is 252 g/mol. The number of ketones is 1. The van der Waals surface area contributed by atoms with Gasteiger partial charge in [0, 0.05) is 16.0 Å². The van der Waals surface area contributed by atoms with Gasteiger partial charge in [0.1, 0.15) is 0 Å². The second-order valence-electron chi connectivity index (χ2n) is 3.96. The lowest BCUT2D eigenvalue weighted by molar-refractivity contribution is 0.0855. The smallest absolute Gasteiger partial charge is 0.165 e. The number of Topliss-reactive ketones (excluding diaryl/α,β-unsaturated/α-hetero) is 1. The predicted molar refractivity (Wildman–Crippen MR) is 60.6 cm³/mol. The largest absolute Gasteiger partial charge is 0.294 e. The van der Waals surface area contributed by atoms with Gasteiger partial charge in [-0.1, -0.05) is 34.5 Å². The van der Waals surface area contributed by atoms with Crippen LogP contribution < -0.4 is 0 Å². The molecule has 0 saturated heterocycles. The third-order valence-corrected chi connectivity index (χ3v) is 3.79. The van der Waals surface area contributed by atoms with Gasteiger partial charge in [0.25, 0.3) is 0 Å². The summed E-state index contributed by atoms with van der Waals surface area (Å²) in [6, 6.07) is 5.87. The molecule has 1 aromatic carbocycles. The fraction of sp³-hybridized carbons (Fsp3) is 0.417. The molecular formula is C12H13BrO. The molecule has 14 heavy (non-hydrogen) atoms. The van der Waals surface area contributed by atoms with Crippen LogP contribution in [0.25, 0.3) is 0 Å². The molecule has 1 aromatic rings. The molecule has 1 fully saturated rings. The van der Waals surface area contributed by atoms with Gasteiger partial charge in [-0.15, -0.1) is 0 Å². The van der Waals surface area contributed by atoms with E-state index in [-0.39, 0.29) is 0 Å².